The molecule has 228 valence electrons. The van der Waals surface area contributed by atoms with Gasteiger partial charge in [-0.25, -0.2) is 0 Å². The van der Waals surface area contributed by atoms with Gasteiger partial charge in [0.2, 0.25) is 0 Å². The molecule has 0 radical (unpaired) electrons. The van der Waals surface area contributed by atoms with Gasteiger partial charge < -0.3 is 0 Å². The molecule has 0 heterocycles. The Morgan fingerprint density at radius 1 is 0.604 bits per heavy atom. The third kappa shape index (κ3) is 4.69. The number of rotatable bonds is 7. The van der Waals surface area contributed by atoms with Gasteiger partial charge in [-0.05, 0) is 106 Å². The molecule has 1 atom stereocenters. The van der Waals surface area contributed by atoms with Gasteiger partial charge in [0.1, 0.15) is 0 Å². The number of hydrogen-bond acceptors (Lipinski definition) is 0. The molecule has 7 aromatic carbocycles. The highest BCUT2D eigenvalue weighted by atomic mass is 14.3. The third-order valence-electron chi connectivity index (χ3n) is 10.1. The zero-order valence-electron chi connectivity index (χ0n) is 27.0. The van der Waals surface area contributed by atoms with Gasteiger partial charge in [0.15, 0.2) is 0 Å². The van der Waals surface area contributed by atoms with Crippen LogP contribution in [0, 0.1) is 0 Å². The van der Waals surface area contributed by atoms with Crippen molar-refractivity contribution in [1.82, 2.24) is 0 Å². The third-order valence-corrected chi connectivity index (χ3v) is 10.1. The van der Waals surface area contributed by atoms with E-state index in [2.05, 4.69) is 154 Å². The van der Waals surface area contributed by atoms with Crippen LogP contribution in [0.2, 0.25) is 0 Å². The van der Waals surface area contributed by atoms with Crippen LogP contribution in [0.25, 0.3) is 73.3 Å². The fourth-order valence-corrected chi connectivity index (χ4v) is 7.85. The van der Waals surface area contributed by atoms with Crippen molar-refractivity contribution < 1.29 is 0 Å². The van der Waals surface area contributed by atoms with Crippen molar-refractivity contribution in [2.24, 2.45) is 0 Å². The maximum atomic E-state index is 4.64. The van der Waals surface area contributed by atoms with E-state index >= 15 is 0 Å². The summed E-state index contributed by atoms with van der Waals surface area (Å²) in [6.45, 7) is 17.3. The van der Waals surface area contributed by atoms with Crippen LogP contribution in [0.5, 0.6) is 0 Å². The first-order valence-corrected chi connectivity index (χ1v) is 16.6. The highest BCUT2D eigenvalue weighted by molar-refractivity contribution is 6.11. The molecular formula is C48H36. The second-order valence-corrected chi connectivity index (χ2v) is 12.6. The largest absolute Gasteiger partial charge is 0.0984 e. The average Bonchev–Trinajstić information content (AvgIpc) is 3.15. The van der Waals surface area contributed by atoms with Gasteiger partial charge >= 0.3 is 0 Å². The summed E-state index contributed by atoms with van der Waals surface area (Å²) in [7, 11) is 0. The van der Waals surface area contributed by atoms with Gasteiger partial charge in [-0.2, -0.15) is 0 Å². The second kappa shape index (κ2) is 12.0. The first-order chi connectivity index (χ1) is 23.6. The molecule has 0 heteroatoms. The van der Waals surface area contributed by atoms with E-state index in [0.29, 0.717) is 0 Å². The molecule has 0 aromatic heterocycles. The lowest BCUT2D eigenvalue weighted by Crippen LogP contribution is -2.07. The summed E-state index contributed by atoms with van der Waals surface area (Å²) in [5.74, 6) is 0.275. The lowest BCUT2D eigenvalue weighted by molar-refractivity contribution is 0.835. The van der Waals surface area contributed by atoms with E-state index in [0.717, 1.165) is 45.2 Å². The van der Waals surface area contributed by atoms with Crippen LogP contribution in [0.4, 0.5) is 0 Å². The highest BCUT2D eigenvalue weighted by Crippen LogP contribution is 2.44. The van der Waals surface area contributed by atoms with Gasteiger partial charge in [-0.1, -0.05) is 172 Å². The molecule has 0 amide bonds. The maximum absolute atomic E-state index is 4.64. The fraction of sp³-hybridized carbons (Fsp3) is 0.0417. The monoisotopic (exact) mass is 612 g/mol. The molecule has 0 bridgehead atoms. The maximum Gasteiger partial charge on any atom is 0.00683 e. The first-order valence-electron chi connectivity index (χ1n) is 16.6. The molecule has 0 spiro atoms. The molecule has 1 unspecified atom stereocenters. The predicted molar refractivity (Wildman–Crippen MR) is 211 cm³/mol. The van der Waals surface area contributed by atoms with E-state index in [1.54, 1.807) is 0 Å². The Morgan fingerprint density at radius 3 is 2.04 bits per heavy atom. The summed E-state index contributed by atoms with van der Waals surface area (Å²) < 4.78 is 0. The summed E-state index contributed by atoms with van der Waals surface area (Å²) in [6.07, 6.45) is 11.5. The summed E-state index contributed by atoms with van der Waals surface area (Å²) in [6, 6.07) is 43.9. The normalized spacial score (nSPS) is 13.8. The molecule has 0 aliphatic heterocycles. The lowest BCUT2D eigenvalue weighted by Gasteiger charge is -2.25. The van der Waals surface area contributed by atoms with Gasteiger partial charge in [0.05, 0.1) is 0 Å². The van der Waals surface area contributed by atoms with E-state index in [4.69, 9.17) is 0 Å². The zero-order chi connectivity index (χ0) is 32.8. The molecule has 1 aliphatic carbocycles. The fourth-order valence-electron chi connectivity index (χ4n) is 7.85. The van der Waals surface area contributed by atoms with E-state index < -0.39 is 0 Å². The van der Waals surface area contributed by atoms with Gasteiger partial charge in [-0.3, -0.25) is 0 Å². The minimum Gasteiger partial charge on any atom is -0.0984 e. The Labute approximate surface area is 283 Å². The van der Waals surface area contributed by atoms with Crippen LogP contribution in [0.3, 0.4) is 0 Å². The van der Waals surface area contributed by atoms with E-state index in [1.807, 2.05) is 24.3 Å². The van der Waals surface area contributed by atoms with Crippen molar-refractivity contribution in [2.75, 3.05) is 0 Å². The molecule has 0 saturated heterocycles. The highest BCUT2D eigenvalue weighted by Gasteiger charge is 2.23. The molecule has 0 N–H and O–H groups in total. The van der Waals surface area contributed by atoms with Crippen LogP contribution in [0.1, 0.15) is 50.4 Å². The van der Waals surface area contributed by atoms with Crippen LogP contribution >= 0.6 is 0 Å². The van der Waals surface area contributed by atoms with E-state index in [-0.39, 0.29) is 5.92 Å². The molecule has 0 saturated carbocycles. The number of hydrogen-bond donors (Lipinski definition) is 0. The zero-order valence-corrected chi connectivity index (χ0v) is 27.0. The van der Waals surface area contributed by atoms with Crippen molar-refractivity contribution in [3.8, 4) is 11.1 Å². The average molecular weight is 613 g/mol. The van der Waals surface area contributed by atoms with E-state index in [1.165, 1.54) is 54.7 Å². The Morgan fingerprint density at radius 2 is 1.27 bits per heavy atom. The summed E-state index contributed by atoms with van der Waals surface area (Å²) >= 11 is 0. The second-order valence-electron chi connectivity index (χ2n) is 12.6. The summed E-state index contributed by atoms with van der Waals surface area (Å²) in [5.41, 5.74) is 12.6. The van der Waals surface area contributed by atoms with Crippen molar-refractivity contribution >= 4 is 62.2 Å². The van der Waals surface area contributed by atoms with Crippen molar-refractivity contribution in [2.45, 2.75) is 12.3 Å². The topological polar surface area (TPSA) is 0 Å². The van der Waals surface area contributed by atoms with Crippen LogP contribution in [-0.4, -0.2) is 0 Å². The van der Waals surface area contributed by atoms with Crippen molar-refractivity contribution in [3.05, 3.63) is 198 Å². The standard InChI is InChI=1S/C48H36/c1-5-32-16-8-10-18-40(32)31(4)47-38(6-2)39(7-3)48(45-23-15-14-22-44(45)47)36-27-25-33-24-26-35(28-37(33)29-36)46-30-34-17-9-11-19-41(34)42-20-12-13-21-43(42)46/h5-27,29-30,35H,1-4,28H2. The van der Waals surface area contributed by atoms with Crippen LogP contribution < -0.4 is 0 Å². The van der Waals surface area contributed by atoms with Crippen LogP contribution in [-0.2, 0) is 6.42 Å². The molecule has 8 rings (SSSR count). The molecule has 1 aliphatic rings. The summed E-state index contributed by atoms with van der Waals surface area (Å²) in [4.78, 5) is 0. The Balaban J connectivity index is 1.29. The lowest BCUT2D eigenvalue weighted by atomic mass is 9.79. The smallest absolute Gasteiger partial charge is 0.00683 e. The SMILES string of the molecule is C=Cc1ccccc1C(=C)c1c(C=C)c(C=C)c(-c2ccc3c(c2)CC(c2cc4ccccc4c4ccccc24)C=C3)c2ccccc12. The minimum atomic E-state index is 0.275. The van der Waals surface area contributed by atoms with Crippen molar-refractivity contribution in [3.63, 3.8) is 0 Å². The summed E-state index contributed by atoms with van der Waals surface area (Å²) in [5, 5.41) is 7.56. The first kappa shape index (κ1) is 29.4. The van der Waals surface area contributed by atoms with E-state index in [9.17, 15) is 0 Å². The van der Waals surface area contributed by atoms with Crippen molar-refractivity contribution in [1.29, 1.82) is 0 Å². The molecule has 0 fully saturated rings. The van der Waals surface area contributed by atoms with Gasteiger partial charge in [0, 0.05) is 5.92 Å². The van der Waals surface area contributed by atoms with Gasteiger partial charge in [0.25, 0.3) is 0 Å². The Bertz CT molecular complexity index is 2500. The predicted octanol–water partition coefficient (Wildman–Crippen LogP) is 13.2. The molecule has 7 aromatic rings. The molecule has 0 nitrogen and oxygen atoms in total. The Hall–Kier alpha value is -5.98. The molecule has 48 heavy (non-hydrogen) atoms. The molecular weight excluding hydrogens is 577 g/mol. The van der Waals surface area contributed by atoms with Gasteiger partial charge in [-0.15, -0.1) is 0 Å². The van der Waals surface area contributed by atoms with Crippen LogP contribution in [0.15, 0.2) is 154 Å². The number of fused-ring (bicyclic) bond motifs is 5. The Kier molecular flexibility index (Phi) is 7.35. The quantitative estimate of drug-likeness (QED) is 0.157. The number of allylic oxidation sites excluding steroid dienone is 1. The number of benzene rings is 7. The minimum absolute atomic E-state index is 0.275.